The first-order valence-electron chi connectivity index (χ1n) is 10.9. The Morgan fingerprint density at radius 1 is 1.17 bits per heavy atom. The van der Waals surface area contributed by atoms with Crippen molar-refractivity contribution >= 4 is 27.5 Å². The molecule has 3 rings (SSSR count). The number of hydrogen-bond donors (Lipinski definition) is 2. The lowest BCUT2D eigenvalue weighted by atomic mass is 10.1. The number of rotatable bonds is 10. The third-order valence-electron chi connectivity index (χ3n) is 5.64. The summed E-state index contributed by atoms with van der Waals surface area (Å²) >= 11 is 6.20. The van der Waals surface area contributed by atoms with Crippen molar-refractivity contribution in [3.05, 3.63) is 82.6 Å². The lowest BCUT2D eigenvalue weighted by Gasteiger charge is -2.24. The maximum absolute atomic E-state index is 13.3. The molecule has 10 heteroatoms. The first kappa shape index (κ1) is 26.3. The van der Waals surface area contributed by atoms with Gasteiger partial charge in [0.25, 0.3) is 0 Å². The third-order valence-corrected chi connectivity index (χ3v) is 7.74. The van der Waals surface area contributed by atoms with Gasteiger partial charge < -0.3 is 14.6 Å². The summed E-state index contributed by atoms with van der Waals surface area (Å²) in [6.45, 7) is 3.60. The Balaban J connectivity index is 1.89. The number of amides is 1. The maximum atomic E-state index is 13.3. The maximum Gasteiger partial charge on any atom is 0.243 e. The molecule has 2 aromatic carbocycles. The molecule has 0 saturated carbocycles. The van der Waals surface area contributed by atoms with Crippen molar-refractivity contribution in [3.8, 4) is 11.8 Å². The molecule has 0 aliphatic heterocycles. The van der Waals surface area contributed by atoms with Crippen LogP contribution in [0.3, 0.4) is 0 Å². The van der Waals surface area contributed by atoms with E-state index in [1.807, 2.05) is 25.1 Å². The minimum absolute atomic E-state index is 0.0657. The summed E-state index contributed by atoms with van der Waals surface area (Å²) in [7, 11) is -2.60. The minimum atomic E-state index is -4.13. The number of hydrogen-bond acceptors (Lipinski definition) is 5. The van der Waals surface area contributed by atoms with Gasteiger partial charge in [0, 0.05) is 24.3 Å². The molecule has 0 fully saturated rings. The molecule has 0 aliphatic carbocycles. The fraction of sp³-hybridized carbons (Fsp3) is 0.280. The number of nitrogens with one attached hydrogen (secondary N) is 2. The molecule has 2 N–H and O–H groups in total. The Hall–Kier alpha value is -3.32. The lowest BCUT2D eigenvalue weighted by Crippen LogP contribution is -2.47. The number of carbonyl (C=O) groups excluding carboxylic acids is 1. The number of nitriles is 1. The monoisotopic (exact) mass is 514 g/mol. The van der Waals surface area contributed by atoms with Crippen LogP contribution in [0, 0.1) is 18.3 Å². The molecule has 184 valence electrons. The van der Waals surface area contributed by atoms with Crippen LogP contribution in [0.1, 0.15) is 36.2 Å². The predicted molar refractivity (Wildman–Crippen MR) is 134 cm³/mol. The smallest absolute Gasteiger partial charge is 0.243 e. The van der Waals surface area contributed by atoms with Gasteiger partial charge >= 0.3 is 0 Å². The van der Waals surface area contributed by atoms with Gasteiger partial charge in [0.15, 0.2) is 0 Å². The highest BCUT2D eigenvalue weighted by Gasteiger charge is 2.30. The number of nitrogens with zero attached hydrogens (tertiary/aromatic N) is 2. The van der Waals surface area contributed by atoms with Crippen LogP contribution >= 0.6 is 11.6 Å². The standard InChI is InChI=1S/C25H27ClN4O4S/c1-17-8-6-11-21(26)24(17)35(32,33)29-22(14-18(2)30-13-7-10-20(30)15-27)25(31)28-16-19-9-4-5-12-23(19)34-3/h4-13,18,22,29H,14,16H2,1-3H3,(H,28,31). The van der Waals surface area contributed by atoms with Crippen LogP contribution in [-0.4, -0.2) is 32.0 Å². The number of ether oxygens (including phenoxy) is 1. The SMILES string of the molecule is COc1ccccc1CNC(=O)C(CC(C)n1cccc1C#N)NS(=O)(=O)c1c(C)cccc1Cl. The zero-order valence-corrected chi connectivity index (χ0v) is 21.2. The van der Waals surface area contributed by atoms with E-state index in [4.69, 9.17) is 16.3 Å². The summed E-state index contributed by atoms with van der Waals surface area (Å²) in [5.41, 5.74) is 1.62. The highest BCUT2D eigenvalue weighted by atomic mass is 35.5. The number of benzene rings is 2. The first-order chi connectivity index (χ1) is 16.7. The van der Waals surface area contributed by atoms with E-state index in [1.165, 1.54) is 13.2 Å². The van der Waals surface area contributed by atoms with E-state index in [-0.39, 0.29) is 28.9 Å². The molecule has 0 radical (unpaired) electrons. The van der Waals surface area contributed by atoms with E-state index in [0.717, 1.165) is 5.56 Å². The molecule has 0 aliphatic rings. The molecule has 0 spiro atoms. The van der Waals surface area contributed by atoms with Crippen LogP contribution < -0.4 is 14.8 Å². The fourth-order valence-electron chi connectivity index (χ4n) is 3.89. The van der Waals surface area contributed by atoms with Crippen molar-refractivity contribution in [1.29, 1.82) is 5.26 Å². The normalized spacial score (nSPS) is 13.0. The number of methoxy groups -OCH3 is 1. The number of aryl methyl sites for hydroxylation is 1. The summed E-state index contributed by atoms with van der Waals surface area (Å²) < 4.78 is 36.2. The van der Waals surface area contributed by atoms with Crippen molar-refractivity contribution in [3.63, 3.8) is 0 Å². The van der Waals surface area contributed by atoms with Crippen LogP contribution in [0.5, 0.6) is 5.75 Å². The van der Waals surface area contributed by atoms with Crippen LogP contribution in [0.25, 0.3) is 0 Å². The van der Waals surface area contributed by atoms with Crippen LogP contribution in [0.2, 0.25) is 5.02 Å². The minimum Gasteiger partial charge on any atom is -0.496 e. The molecular formula is C25H27ClN4O4S. The largest absolute Gasteiger partial charge is 0.496 e. The number of sulfonamides is 1. The summed E-state index contributed by atoms with van der Waals surface area (Å²) in [5.74, 6) is 0.0951. The molecule has 0 saturated heterocycles. The molecule has 2 atom stereocenters. The second kappa shape index (κ2) is 11.4. The number of halogens is 1. The molecular weight excluding hydrogens is 488 g/mol. The number of para-hydroxylation sites is 1. The van der Waals surface area contributed by atoms with Crippen LogP contribution in [-0.2, 0) is 21.4 Å². The van der Waals surface area contributed by atoms with Crippen LogP contribution in [0.15, 0.2) is 65.7 Å². The van der Waals surface area contributed by atoms with Gasteiger partial charge in [-0.15, -0.1) is 0 Å². The van der Waals surface area contributed by atoms with Crippen molar-refractivity contribution < 1.29 is 17.9 Å². The van der Waals surface area contributed by atoms with Crippen molar-refractivity contribution in [2.24, 2.45) is 0 Å². The second-order valence-corrected chi connectivity index (χ2v) is 10.1. The Morgan fingerprint density at radius 3 is 2.60 bits per heavy atom. The lowest BCUT2D eigenvalue weighted by molar-refractivity contribution is -0.123. The molecule has 1 aromatic heterocycles. The average molecular weight is 515 g/mol. The second-order valence-electron chi connectivity index (χ2n) is 8.09. The summed E-state index contributed by atoms with van der Waals surface area (Å²) in [6, 6.07) is 16.0. The van der Waals surface area contributed by atoms with E-state index >= 15 is 0 Å². The summed E-state index contributed by atoms with van der Waals surface area (Å²) in [4.78, 5) is 13.2. The van der Waals surface area contributed by atoms with E-state index in [2.05, 4.69) is 16.1 Å². The fourth-order valence-corrected chi connectivity index (χ4v) is 5.93. The Labute approximate surface area is 210 Å². The summed E-state index contributed by atoms with van der Waals surface area (Å²) in [6.07, 6.45) is 1.82. The van der Waals surface area contributed by atoms with Crippen molar-refractivity contribution in [1.82, 2.24) is 14.6 Å². The quantitative estimate of drug-likeness (QED) is 0.425. The van der Waals surface area contributed by atoms with Crippen molar-refractivity contribution in [2.45, 2.75) is 43.8 Å². The van der Waals surface area contributed by atoms with Gasteiger partial charge in [0.1, 0.15) is 28.4 Å². The highest BCUT2D eigenvalue weighted by molar-refractivity contribution is 7.89. The third kappa shape index (κ3) is 6.22. The molecule has 1 amide bonds. The van der Waals surface area contributed by atoms with Gasteiger partial charge in [0.2, 0.25) is 15.9 Å². The molecule has 3 aromatic rings. The van der Waals surface area contributed by atoms with Crippen molar-refractivity contribution in [2.75, 3.05) is 7.11 Å². The zero-order chi connectivity index (χ0) is 25.6. The molecule has 2 unspecified atom stereocenters. The molecule has 8 nitrogen and oxygen atoms in total. The van der Waals surface area contributed by atoms with Gasteiger partial charge in [-0.2, -0.15) is 9.98 Å². The van der Waals surface area contributed by atoms with E-state index in [0.29, 0.717) is 17.0 Å². The van der Waals surface area contributed by atoms with Gasteiger partial charge in [-0.25, -0.2) is 8.42 Å². The van der Waals surface area contributed by atoms with E-state index < -0.39 is 22.0 Å². The molecule has 1 heterocycles. The average Bonchev–Trinajstić information content (AvgIpc) is 3.31. The Kier molecular flexibility index (Phi) is 8.57. The first-order valence-corrected chi connectivity index (χ1v) is 12.8. The van der Waals surface area contributed by atoms with Gasteiger partial charge in [0.05, 0.1) is 12.1 Å². The predicted octanol–water partition coefficient (Wildman–Crippen LogP) is 3.94. The number of carbonyl (C=O) groups is 1. The van der Waals surface area contributed by atoms with Gasteiger partial charge in [-0.1, -0.05) is 41.9 Å². The zero-order valence-electron chi connectivity index (χ0n) is 19.7. The molecule has 35 heavy (non-hydrogen) atoms. The van der Waals surface area contributed by atoms with Gasteiger partial charge in [-0.3, -0.25) is 4.79 Å². The van der Waals surface area contributed by atoms with Gasteiger partial charge in [-0.05, 0) is 50.1 Å². The van der Waals surface area contributed by atoms with E-state index in [1.54, 1.807) is 48.0 Å². The Bertz CT molecular complexity index is 1330. The summed E-state index contributed by atoms with van der Waals surface area (Å²) in [5, 5.41) is 12.2. The number of aromatic nitrogens is 1. The van der Waals surface area contributed by atoms with E-state index in [9.17, 15) is 18.5 Å². The molecule has 0 bridgehead atoms. The highest BCUT2D eigenvalue weighted by Crippen LogP contribution is 2.26. The Morgan fingerprint density at radius 2 is 1.91 bits per heavy atom. The van der Waals surface area contributed by atoms with Crippen LogP contribution in [0.4, 0.5) is 0 Å². The topological polar surface area (TPSA) is 113 Å².